The van der Waals surface area contributed by atoms with Crippen LogP contribution in [0.15, 0.2) is 54.7 Å². The Balaban J connectivity index is 1.92. The van der Waals surface area contributed by atoms with Gasteiger partial charge in [0.1, 0.15) is 5.69 Å². The summed E-state index contributed by atoms with van der Waals surface area (Å²) < 4.78 is 39.5. The first-order valence-corrected chi connectivity index (χ1v) is 8.32. The van der Waals surface area contributed by atoms with Gasteiger partial charge in [0, 0.05) is 19.7 Å². The van der Waals surface area contributed by atoms with Gasteiger partial charge in [-0.15, -0.1) is 0 Å². The third-order valence-electron chi connectivity index (χ3n) is 4.08. The Morgan fingerprint density at radius 3 is 1.96 bits per heavy atom. The molecule has 0 atom stereocenters. The molecule has 0 saturated carbocycles. The van der Waals surface area contributed by atoms with Crippen LogP contribution in [0, 0.1) is 0 Å². The summed E-state index contributed by atoms with van der Waals surface area (Å²) in [6.45, 7) is 1.41. The van der Waals surface area contributed by atoms with Crippen molar-refractivity contribution in [2.45, 2.75) is 13.1 Å². The lowest BCUT2D eigenvalue weighted by atomic mass is 10.0. The van der Waals surface area contributed by atoms with Crippen LogP contribution in [0.5, 0.6) is 0 Å². The second-order valence-corrected chi connectivity index (χ2v) is 6.28. The molecule has 4 nitrogen and oxygen atoms in total. The fourth-order valence-electron chi connectivity index (χ4n) is 2.71. The van der Waals surface area contributed by atoms with Crippen LogP contribution in [0.1, 0.15) is 12.5 Å². The highest BCUT2D eigenvalue weighted by molar-refractivity contribution is 6.33. The van der Waals surface area contributed by atoms with E-state index in [0.717, 1.165) is 17.7 Å². The summed E-state index contributed by atoms with van der Waals surface area (Å²) in [4.78, 5) is 13.5. The fraction of sp³-hybridized carbons (Fsp3) is 0.158. The van der Waals surface area contributed by atoms with Gasteiger partial charge in [0.25, 0.3) is 0 Å². The predicted molar refractivity (Wildman–Crippen MR) is 97.9 cm³/mol. The molecule has 0 bridgehead atoms. The van der Waals surface area contributed by atoms with Crippen LogP contribution in [-0.4, -0.2) is 15.7 Å². The van der Waals surface area contributed by atoms with Crippen molar-refractivity contribution in [1.82, 2.24) is 9.78 Å². The summed E-state index contributed by atoms with van der Waals surface area (Å²) >= 11 is 6.19. The number of amides is 1. The van der Waals surface area contributed by atoms with Gasteiger partial charge in [-0.3, -0.25) is 14.4 Å². The van der Waals surface area contributed by atoms with Crippen molar-refractivity contribution in [2.24, 2.45) is 7.05 Å². The summed E-state index contributed by atoms with van der Waals surface area (Å²) in [5, 5.41) is 4.35. The number of rotatable bonds is 3. The number of carbonyl (C=O) groups excluding carboxylic acids is 1. The smallest absolute Gasteiger partial charge is 0.277 e. The normalized spacial score (nSPS) is 11.5. The molecule has 0 aliphatic heterocycles. The largest absolute Gasteiger partial charge is 0.416 e. The Labute approximate surface area is 158 Å². The van der Waals surface area contributed by atoms with Gasteiger partial charge < -0.3 is 0 Å². The molecule has 1 aromatic heterocycles. The molecule has 0 radical (unpaired) electrons. The maximum absolute atomic E-state index is 12.7. The monoisotopic (exact) mass is 393 g/mol. The first-order chi connectivity index (χ1) is 12.7. The zero-order chi connectivity index (χ0) is 19.8. The summed E-state index contributed by atoms with van der Waals surface area (Å²) in [7, 11) is 1.66. The number of nitrogens with zero attached hydrogens (tertiary/aromatic N) is 3. The molecule has 3 aromatic rings. The minimum absolute atomic E-state index is 0.243. The molecule has 0 aliphatic rings. The standard InChI is InChI=1S/C19H15ClF3N3O/c1-12(27)26(17-11-24-25(2)18(17)20)16-9-5-14(6-10-16)13-3-7-15(8-4-13)19(21,22)23/h3-11H,1-2H3. The van der Waals surface area contributed by atoms with Gasteiger partial charge >= 0.3 is 6.18 Å². The van der Waals surface area contributed by atoms with E-state index in [1.807, 2.05) is 0 Å². The lowest BCUT2D eigenvalue weighted by Gasteiger charge is -2.20. The molecule has 0 aliphatic carbocycles. The SMILES string of the molecule is CC(=O)N(c1ccc(-c2ccc(C(F)(F)F)cc2)cc1)c1cnn(C)c1Cl. The van der Waals surface area contributed by atoms with Gasteiger partial charge in [-0.1, -0.05) is 35.9 Å². The van der Waals surface area contributed by atoms with Crippen LogP contribution < -0.4 is 4.90 Å². The quantitative estimate of drug-likeness (QED) is 0.594. The van der Waals surface area contributed by atoms with Crippen molar-refractivity contribution in [2.75, 3.05) is 4.90 Å². The van der Waals surface area contributed by atoms with Gasteiger partial charge in [-0.2, -0.15) is 18.3 Å². The lowest BCUT2D eigenvalue weighted by Crippen LogP contribution is -2.22. The van der Waals surface area contributed by atoms with Crippen molar-refractivity contribution in [3.63, 3.8) is 0 Å². The molecule has 0 saturated heterocycles. The molecule has 0 unspecified atom stereocenters. The average Bonchev–Trinajstić information content (AvgIpc) is 2.94. The summed E-state index contributed by atoms with van der Waals surface area (Å²) in [6.07, 6.45) is -2.87. The molecule has 1 amide bonds. The number of aryl methyl sites for hydroxylation is 1. The minimum Gasteiger partial charge on any atom is -0.277 e. The lowest BCUT2D eigenvalue weighted by molar-refractivity contribution is -0.137. The summed E-state index contributed by atoms with van der Waals surface area (Å²) in [6, 6.07) is 11.8. The second kappa shape index (κ2) is 7.08. The number of anilines is 2. The van der Waals surface area contributed by atoms with Gasteiger partial charge in [0.05, 0.1) is 11.8 Å². The van der Waals surface area contributed by atoms with Crippen LogP contribution in [-0.2, 0) is 18.0 Å². The van der Waals surface area contributed by atoms with E-state index < -0.39 is 11.7 Å². The van der Waals surface area contributed by atoms with Crippen molar-refractivity contribution in [1.29, 1.82) is 0 Å². The van der Waals surface area contributed by atoms with Gasteiger partial charge in [-0.25, -0.2) is 0 Å². The maximum Gasteiger partial charge on any atom is 0.416 e. The number of hydrogen-bond acceptors (Lipinski definition) is 2. The molecular formula is C19H15ClF3N3O. The molecule has 0 N–H and O–H groups in total. The van der Waals surface area contributed by atoms with Crippen molar-refractivity contribution < 1.29 is 18.0 Å². The Morgan fingerprint density at radius 2 is 1.56 bits per heavy atom. The molecular weight excluding hydrogens is 379 g/mol. The Hall–Kier alpha value is -2.80. The van der Waals surface area contributed by atoms with Gasteiger partial charge in [0.15, 0.2) is 5.15 Å². The molecule has 140 valence electrons. The third kappa shape index (κ3) is 3.83. The average molecular weight is 394 g/mol. The van der Waals surface area contributed by atoms with Gasteiger partial charge in [0.2, 0.25) is 5.91 Å². The molecule has 8 heteroatoms. The zero-order valence-electron chi connectivity index (χ0n) is 14.5. The molecule has 0 fully saturated rings. The highest BCUT2D eigenvalue weighted by atomic mass is 35.5. The molecule has 1 heterocycles. The third-order valence-corrected chi connectivity index (χ3v) is 4.51. The second-order valence-electron chi connectivity index (χ2n) is 5.92. The Morgan fingerprint density at radius 1 is 1.04 bits per heavy atom. The van der Waals surface area contributed by atoms with Crippen LogP contribution in [0.3, 0.4) is 0 Å². The van der Waals surface area contributed by atoms with Crippen LogP contribution in [0.4, 0.5) is 24.5 Å². The van der Waals surface area contributed by atoms with E-state index in [2.05, 4.69) is 5.10 Å². The first-order valence-electron chi connectivity index (χ1n) is 7.94. The van der Waals surface area contributed by atoms with Crippen molar-refractivity contribution in [3.8, 4) is 11.1 Å². The summed E-state index contributed by atoms with van der Waals surface area (Å²) in [5.41, 5.74) is 1.70. The highest BCUT2D eigenvalue weighted by Gasteiger charge is 2.30. The minimum atomic E-state index is -4.37. The van der Waals surface area contributed by atoms with Crippen LogP contribution >= 0.6 is 11.6 Å². The van der Waals surface area contributed by atoms with E-state index in [9.17, 15) is 18.0 Å². The number of hydrogen-bond donors (Lipinski definition) is 0. The number of benzene rings is 2. The molecule has 0 spiro atoms. The topological polar surface area (TPSA) is 38.1 Å². The maximum atomic E-state index is 12.7. The van der Waals surface area contributed by atoms with Crippen molar-refractivity contribution >= 4 is 28.9 Å². The fourth-order valence-corrected chi connectivity index (χ4v) is 2.88. The zero-order valence-corrected chi connectivity index (χ0v) is 15.2. The Bertz CT molecular complexity index is 963. The number of halogens is 4. The Kier molecular flexibility index (Phi) is 4.97. The number of alkyl halides is 3. The van der Waals surface area contributed by atoms with E-state index in [0.29, 0.717) is 22.1 Å². The van der Waals surface area contributed by atoms with E-state index in [-0.39, 0.29) is 5.91 Å². The predicted octanol–water partition coefficient (Wildman–Crippen LogP) is 5.44. The van der Waals surface area contributed by atoms with Crippen molar-refractivity contribution in [3.05, 3.63) is 65.4 Å². The van der Waals surface area contributed by atoms with E-state index in [1.165, 1.54) is 34.8 Å². The van der Waals surface area contributed by atoms with Crippen LogP contribution in [0.2, 0.25) is 5.15 Å². The van der Waals surface area contributed by atoms with E-state index in [1.54, 1.807) is 31.3 Å². The molecule has 3 rings (SSSR count). The van der Waals surface area contributed by atoms with Crippen LogP contribution in [0.25, 0.3) is 11.1 Å². The number of carbonyl (C=O) groups is 1. The van der Waals surface area contributed by atoms with E-state index >= 15 is 0 Å². The molecule has 27 heavy (non-hydrogen) atoms. The first kappa shape index (κ1) is 19.0. The summed E-state index contributed by atoms with van der Waals surface area (Å²) in [5.74, 6) is -0.243. The molecule has 2 aromatic carbocycles. The van der Waals surface area contributed by atoms with E-state index in [4.69, 9.17) is 11.6 Å². The highest BCUT2D eigenvalue weighted by Crippen LogP contribution is 2.34. The van der Waals surface area contributed by atoms with Gasteiger partial charge in [-0.05, 0) is 35.4 Å². The number of aromatic nitrogens is 2.